The highest BCUT2D eigenvalue weighted by atomic mass is 16.3. The Kier molecular flexibility index (Phi) is 43.5. The predicted octanol–water partition coefficient (Wildman–Crippen LogP) is 14.2. The number of rotatable bonds is 45. The van der Waals surface area contributed by atoms with Crippen LogP contribution in [-0.4, -0.2) is 46.1 Å². The molecule has 3 unspecified atom stereocenters. The van der Waals surface area contributed by atoms with E-state index in [1.54, 1.807) is 0 Å². The van der Waals surface area contributed by atoms with Gasteiger partial charge in [-0.1, -0.05) is 258 Å². The van der Waals surface area contributed by atoms with Gasteiger partial charge in [-0.25, -0.2) is 0 Å². The third kappa shape index (κ3) is 40.8. The number of unbranched alkanes of at least 4 members (excludes halogenated alkanes) is 36. The minimum Gasteiger partial charge on any atom is -0.394 e. The van der Waals surface area contributed by atoms with E-state index in [0.717, 1.165) is 25.7 Å². The van der Waals surface area contributed by atoms with Crippen LogP contribution in [0, 0.1) is 0 Å². The first-order valence-electron chi connectivity index (χ1n) is 24.3. The van der Waals surface area contributed by atoms with E-state index in [-0.39, 0.29) is 18.9 Å². The Morgan fingerprint density at radius 1 is 0.396 bits per heavy atom. The number of amides is 1. The van der Waals surface area contributed by atoms with Gasteiger partial charge < -0.3 is 20.6 Å². The quantitative estimate of drug-likeness (QED) is 0.0466. The van der Waals surface area contributed by atoms with E-state index < -0.39 is 18.2 Å². The summed E-state index contributed by atoms with van der Waals surface area (Å²) in [6.07, 6.45) is 50.8. The van der Waals surface area contributed by atoms with Crippen LogP contribution in [0.15, 0.2) is 0 Å². The van der Waals surface area contributed by atoms with Gasteiger partial charge in [0.15, 0.2) is 0 Å². The number of nitrogens with one attached hydrogen (secondary N) is 1. The van der Waals surface area contributed by atoms with E-state index >= 15 is 0 Å². The summed E-state index contributed by atoms with van der Waals surface area (Å²) >= 11 is 0. The summed E-state index contributed by atoms with van der Waals surface area (Å²) in [5.74, 6) is -0.276. The third-order valence-electron chi connectivity index (χ3n) is 11.7. The number of carbonyl (C=O) groups excluding carboxylic acids is 1. The highest BCUT2D eigenvalue weighted by Gasteiger charge is 2.21. The smallest absolute Gasteiger partial charge is 0.222 e. The zero-order valence-corrected chi connectivity index (χ0v) is 36.2. The highest BCUT2D eigenvalue weighted by Crippen LogP contribution is 2.18. The molecular formula is C48H97NO4. The van der Waals surface area contributed by atoms with Gasteiger partial charge in [-0.15, -0.1) is 0 Å². The molecule has 0 heterocycles. The lowest BCUT2D eigenvalue weighted by atomic mass is 10.0. The first-order chi connectivity index (χ1) is 26.0. The molecule has 5 nitrogen and oxygen atoms in total. The third-order valence-corrected chi connectivity index (χ3v) is 11.7. The Hall–Kier alpha value is -0.650. The van der Waals surface area contributed by atoms with Crippen LogP contribution >= 0.6 is 0 Å². The van der Waals surface area contributed by atoms with Gasteiger partial charge in [-0.3, -0.25) is 4.79 Å². The molecule has 3 atom stereocenters. The molecule has 4 N–H and O–H groups in total. The van der Waals surface area contributed by atoms with Gasteiger partial charge in [0.1, 0.15) is 0 Å². The molecule has 0 spiro atoms. The average Bonchev–Trinajstić information content (AvgIpc) is 3.15. The fourth-order valence-corrected chi connectivity index (χ4v) is 7.94. The van der Waals surface area contributed by atoms with E-state index in [4.69, 9.17) is 0 Å². The van der Waals surface area contributed by atoms with Crippen LogP contribution in [-0.2, 0) is 4.79 Å². The summed E-state index contributed by atoms with van der Waals surface area (Å²) in [5, 5.41) is 33.5. The standard InChI is InChI=1S/C48H97NO4/c1-3-5-7-9-11-13-15-17-19-21-23-24-26-28-30-32-34-36-38-40-42-47(52)46(44-50)49-48(53)43-45(51)41-39-37-35-33-31-29-27-25-22-20-18-16-14-12-10-8-6-4-2/h45-47,50-52H,3-44H2,1-2H3,(H,49,53). The molecule has 0 bridgehead atoms. The van der Waals surface area contributed by atoms with Crippen LogP contribution in [0.1, 0.15) is 277 Å². The maximum atomic E-state index is 12.5. The van der Waals surface area contributed by atoms with Crippen molar-refractivity contribution in [3.8, 4) is 0 Å². The first kappa shape index (κ1) is 52.3. The number of hydrogen-bond acceptors (Lipinski definition) is 4. The molecule has 0 saturated heterocycles. The Morgan fingerprint density at radius 2 is 0.642 bits per heavy atom. The molecule has 0 aromatic heterocycles. The van der Waals surface area contributed by atoms with Gasteiger partial charge in [0.25, 0.3) is 0 Å². The topological polar surface area (TPSA) is 89.8 Å². The zero-order chi connectivity index (χ0) is 38.7. The van der Waals surface area contributed by atoms with Crippen LogP contribution in [0.25, 0.3) is 0 Å². The number of hydrogen-bond donors (Lipinski definition) is 4. The lowest BCUT2D eigenvalue weighted by molar-refractivity contribution is -0.125. The van der Waals surface area contributed by atoms with Gasteiger partial charge in [-0.05, 0) is 12.8 Å². The fourth-order valence-electron chi connectivity index (χ4n) is 7.94. The second-order valence-electron chi connectivity index (χ2n) is 17.1. The second-order valence-corrected chi connectivity index (χ2v) is 17.1. The van der Waals surface area contributed by atoms with Crippen molar-refractivity contribution in [1.29, 1.82) is 0 Å². The van der Waals surface area contributed by atoms with E-state index in [1.165, 1.54) is 218 Å². The fraction of sp³-hybridized carbons (Fsp3) is 0.979. The van der Waals surface area contributed by atoms with Gasteiger partial charge in [0, 0.05) is 0 Å². The average molecular weight is 752 g/mol. The monoisotopic (exact) mass is 752 g/mol. The number of aliphatic hydroxyl groups excluding tert-OH is 3. The first-order valence-corrected chi connectivity index (χ1v) is 24.3. The minimum absolute atomic E-state index is 0.0431. The van der Waals surface area contributed by atoms with Crippen molar-refractivity contribution in [3.63, 3.8) is 0 Å². The van der Waals surface area contributed by atoms with Gasteiger partial charge in [0.2, 0.25) is 5.91 Å². The van der Waals surface area contributed by atoms with Crippen molar-refractivity contribution in [3.05, 3.63) is 0 Å². The summed E-state index contributed by atoms with van der Waals surface area (Å²) in [4.78, 5) is 12.5. The number of aliphatic hydroxyl groups is 3. The maximum absolute atomic E-state index is 12.5. The Bertz CT molecular complexity index is 703. The van der Waals surface area contributed by atoms with Gasteiger partial charge in [-0.2, -0.15) is 0 Å². The van der Waals surface area contributed by atoms with E-state index in [1.807, 2.05) is 0 Å². The summed E-state index contributed by atoms with van der Waals surface area (Å²) in [6, 6.07) is -0.653. The SMILES string of the molecule is CCCCCCCCCCCCCCCCCCCCCCC(O)C(CO)NC(=O)CC(O)CCCCCCCCCCCCCCCCCCCC. The minimum atomic E-state index is -0.744. The normalized spacial score (nSPS) is 13.4. The molecule has 0 aliphatic rings. The molecule has 53 heavy (non-hydrogen) atoms. The van der Waals surface area contributed by atoms with Crippen LogP contribution in [0.2, 0.25) is 0 Å². The van der Waals surface area contributed by atoms with Crippen LogP contribution in [0.3, 0.4) is 0 Å². The molecule has 0 aliphatic heterocycles. The van der Waals surface area contributed by atoms with Crippen molar-refractivity contribution >= 4 is 5.91 Å². The molecule has 0 saturated carbocycles. The lowest BCUT2D eigenvalue weighted by Crippen LogP contribution is -2.46. The Morgan fingerprint density at radius 3 is 0.906 bits per heavy atom. The zero-order valence-electron chi connectivity index (χ0n) is 36.2. The lowest BCUT2D eigenvalue weighted by Gasteiger charge is -2.23. The second kappa shape index (κ2) is 44.1. The highest BCUT2D eigenvalue weighted by molar-refractivity contribution is 5.76. The maximum Gasteiger partial charge on any atom is 0.222 e. The van der Waals surface area contributed by atoms with Crippen LogP contribution in [0.5, 0.6) is 0 Å². The van der Waals surface area contributed by atoms with Crippen LogP contribution < -0.4 is 5.32 Å². The molecule has 0 aromatic carbocycles. The summed E-state index contributed by atoms with van der Waals surface area (Å²) in [6.45, 7) is 4.29. The van der Waals surface area contributed by atoms with Crippen molar-refractivity contribution < 1.29 is 20.1 Å². The molecule has 318 valence electrons. The largest absolute Gasteiger partial charge is 0.394 e. The van der Waals surface area contributed by atoms with Crippen molar-refractivity contribution in [2.75, 3.05) is 6.61 Å². The summed E-state index contributed by atoms with van der Waals surface area (Å²) < 4.78 is 0. The van der Waals surface area contributed by atoms with Crippen molar-refractivity contribution in [2.24, 2.45) is 0 Å². The van der Waals surface area contributed by atoms with E-state index in [2.05, 4.69) is 19.2 Å². The molecule has 0 radical (unpaired) electrons. The molecule has 1 amide bonds. The molecule has 0 aromatic rings. The van der Waals surface area contributed by atoms with Crippen molar-refractivity contribution in [1.82, 2.24) is 5.32 Å². The molecule has 0 rings (SSSR count). The molecular weight excluding hydrogens is 655 g/mol. The molecule has 0 aliphatic carbocycles. The van der Waals surface area contributed by atoms with E-state index in [9.17, 15) is 20.1 Å². The Labute approximate surface area is 332 Å². The van der Waals surface area contributed by atoms with Gasteiger partial charge in [0.05, 0.1) is 31.3 Å². The predicted molar refractivity (Wildman–Crippen MR) is 232 cm³/mol. The van der Waals surface area contributed by atoms with Crippen molar-refractivity contribution in [2.45, 2.75) is 295 Å². The summed E-state index contributed by atoms with van der Waals surface area (Å²) in [7, 11) is 0. The molecule has 5 heteroatoms. The Balaban J connectivity index is 3.54. The van der Waals surface area contributed by atoms with Gasteiger partial charge >= 0.3 is 0 Å². The van der Waals surface area contributed by atoms with Crippen LogP contribution in [0.4, 0.5) is 0 Å². The van der Waals surface area contributed by atoms with E-state index in [0.29, 0.717) is 12.8 Å². The number of carbonyl (C=O) groups is 1. The summed E-state index contributed by atoms with van der Waals surface area (Å²) in [5.41, 5.74) is 0. The molecule has 0 fully saturated rings.